The summed E-state index contributed by atoms with van der Waals surface area (Å²) in [4.78, 5) is 18.7. The predicted octanol–water partition coefficient (Wildman–Crippen LogP) is 5.59. The van der Waals surface area contributed by atoms with Gasteiger partial charge in [0, 0.05) is 37.2 Å². The first kappa shape index (κ1) is 25.9. The number of rotatable bonds is 10. The van der Waals surface area contributed by atoms with Gasteiger partial charge in [0.15, 0.2) is 5.65 Å². The molecule has 0 aliphatic carbocycles. The molecule has 0 radical (unpaired) electrons. The Kier molecular flexibility index (Phi) is 7.19. The third-order valence-corrected chi connectivity index (χ3v) is 6.84. The summed E-state index contributed by atoms with van der Waals surface area (Å²) in [5, 5.41) is 7.65. The second kappa shape index (κ2) is 11.4. The van der Waals surface area contributed by atoms with Gasteiger partial charge in [-0.05, 0) is 53.6 Å². The molecular formula is C31H29N7O3. The highest BCUT2D eigenvalue weighted by Crippen LogP contribution is 2.40. The predicted molar refractivity (Wildman–Crippen MR) is 159 cm³/mol. The fourth-order valence-corrected chi connectivity index (χ4v) is 4.79. The Labute approximate surface area is 237 Å². The van der Waals surface area contributed by atoms with E-state index in [0.717, 1.165) is 44.8 Å². The summed E-state index contributed by atoms with van der Waals surface area (Å²) in [5.74, 6) is 3.49. The first-order chi connectivity index (χ1) is 20.2. The summed E-state index contributed by atoms with van der Waals surface area (Å²) in [7, 11) is 4.97. The Morgan fingerprint density at radius 1 is 0.659 bits per heavy atom. The first-order valence-corrected chi connectivity index (χ1v) is 13.1. The number of pyridine rings is 1. The summed E-state index contributed by atoms with van der Waals surface area (Å²) in [5.41, 5.74) is 5.41. The fraction of sp³-hybridized carbons (Fsp3) is 0.161. The topological polar surface area (TPSA) is 108 Å². The maximum Gasteiger partial charge on any atom is 0.223 e. The Hall–Kier alpha value is -5.38. The second-order valence-electron chi connectivity index (χ2n) is 9.24. The van der Waals surface area contributed by atoms with E-state index >= 15 is 0 Å². The lowest BCUT2D eigenvalue weighted by atomic mass is 10.1. The molecule has 4 heterocycles. The maximum atomic E-state index is 5.79. The van der Waals surface area contributed by atoms with E-state index in [0.29, 0.717) is 36.4 Å². The average Bonchev–Trinajstić information content (AvgIpc) is 3.38. The number of anilines is 2. The van der Waals surface area contributed by atoms with Crippen molar-refractivity contribution >= 4 is 28.4 Å². The summed E-state index contributed by atoms with van der Waals surface area (Å²) < 4.78 is 18.3. The highest BCUT2D eigenvalue weighted by molar-refractivity contribution is 6.07. The Bertz CT molecular complexity index is 1800. The van der Waals surface area contributed by atoms with Crippen LogP contribution in [0.3, 0.4) is 0 Å². The van der Waals surface area contributed by atoms with Crippen LogP contribution in [0.1, 0.15) is 11.1 Å². The number of aromatic nitrogens is 5. The van der Waals surface area contributed by atoms with E-state index in [-0.39, 0.29) is 0 Å². The van der Waals surface area contributed by atoms with Crippen LogP contribution in [0, 0.1) is 0 Å². The van der Waals surface area contributed by atoms with Gasteiger partial charge in [-0.2, -0.15) is 0 Å². The molecule has 0 amide bonds. The molecule has 0 saturated carbocycles. The average molecular weight is 548 g/mol. The van der Waals surface area contributed by atoms with Crippen LogP contribution in [-0.4, -0.2) is 45.7 Å². The number of hydrogen-bond donors (Lipinski definition) is 2. The molecule has 4 aromatic heterocycles. The van der Waals surface area contributed by atoms with Crippen molar-refractivity contribution in [2.24, 2.45) is 0 Å². The van der Waals surface area contributed by atoms with Crippen LogP contribution in [0.15, 0.2) is 85.3 Å². The minimum atomic E-state index is 0.514. The molecule has 10 heteroatoms. The summed E-state index contributed by atoms with van der Waals surface area (Å²) in [6.45, 7) is 1.14. The number of methoxy groups -OCH3 is 3. The van der Waals surface area contributed by atoms with Gasteiger partial charge in [-0.25, -0.2) is 19.9 Å². The lowest BCUT2D eigenvalue weighted by Crippen LogP contribution is -2.06. The Morgan fingerprint density at radius 3 is 1.95 bits per heavy atom. The van der Waals surface area contributed by atoms with Crippen LogP contribution >= 0.6 is 0 Å². The van der Waals surface area contributed by atoms with Crippen LogP contribution in [0.2, 0.25) is 0 Å². The van der Waals surface area contributed by atoms with Crippen LogP contribution in [0.25, 0.3) is 27.8 Å². The fourth-order valence-electron chi connectivity index (χ4n) is 4.79. The van der Waals surface area contributed by atoms with Crippen LogP contribution in [0.4, 0.5) is 11.9 Å². The molecule has 206 valence electrons. The second-order valence-corrected chi connectivity index (χ2v) is 9.24. The van der Waals surface area contributed by atoms with E-state index in [1.807, 2.05) is 71.1 Å². The summed E-state index contributed by atoms with van der Waals surface area (Å²) in [6.07, 6.45) is 5.27. The third kappa shape index (κ3) is 5.14. The molecule has 2 N–H and O–H groups in total. The highest BCUT2D eigenvalue weighted by Gasteiger charge is 2.22. The molecule has 6 aromatic rings. The SMILES string of the molecule is COc1ccc(CNc2nccc(-c3c4c(OC)ccnc4n4c(NCc5ccc(OC)cc5)nccc34)n2)cc1. The number of ether oxygens (including phenoxy) is 3. The molecule has 0 aliphatic heterocycles. The van der Waals surface area contributed by atoms with Gasteiger partial charge in [0.25, 0.3) is 0 Å². The van der Waals surface area contributed by atoms with E-state index in [1.165, 1.54) is 0 Å². The quantitative estimate of drug-likeness (QED) is 0.227. The van der Waals surface area contributed by atoms with Gasteiger partial charge in [-0.3, -0.25) is 4.40 Å². The number of nitrogens with one attached hydrogen (secondary N) is 2. The maximum absolute atomic E-state index is 5.79. The Balaban J connectivity index is 1.38. The monoisotopic (exact) mass is 547 g/mol. The smallest absolute Gasteiger partial charge is 0.223 e. The normalized spacial score (nSPS) is 11.0. The van der Waals surface area contributed by atoms with Crippen molar-refractivity contribution < 1.29 is 14.2 Å². The van der Waals surface area contributed by atoms with Gasteiger partial charge in [-0.1, -0.05) is 24.3 Å². The van der Waals surface area contributed by atoms with E-state index in [2.05, 4.69) is 20.6 Å². The molecule has 2 aromatic carbocycles. The lowest BCUT2D eigenvalue weighted by molar-refractivity contribution is 0.414. The summed E-state index contributed by atoms with van der Waals surface area (Å²) in [6, 6.07) is 21.5. The molecule has 41 heavy (non-hydrogen) atoms. The molecule has 6 rings (SSSR count). The van der Waals surface area contributed by atoms with Gasteiger partial charge in [0.2, 0.25) is 11.9 Å². The van der Waals surface area contributed by atoms with E-state index in [1.54, 1.807) is 39.9 Å². The number of hydrogen-bond acceptors (Lipinski definition) is 9. The molecule has 0 saturated heterocycles. The van der Waals surface area contributed by atoms with Crippen molar-refractivity contribution in [3.05, 3.63) is 96.4 Å². The van der Waals surface area contributed by atoms with Crippen molar-refractivity contribution in [1.29, 1.82) is 0 Å². The van der Waals surface area contributed by atoms with E-state index < -0.39 is 0 Å². The molecule has 0 fully saturated rings. The molecule has 0 atom stereocenters. The minimum absolute atomic E-state index is 0.514. The molecule has 0 aliphatic rings. The third-order valence-electron chi connectivity index (χ3n) is 6.84. The number of fused-ring (bicyclic) bond motifs is 3. The van der Waals surface area contributed by atoms with Gasteiger partial charge in [-0.15, -0.1) is 0 Å². The molecule has 0 unspecified atom stereocenters. The van der Waals surface area contributed by atoms with Crippen molar-refractivity contribution in [3.8, 4) is 28.5 Å². The zero-order valence-corrected chi connectivity index (χ0v) is 23.0. The van der Waals surface area contributed by atoms with Gasteiger partial charge >= 0.3 is 0 Å². The van der Waals surface area contributed by atoms with Crippen LogP contribution < -0.4 is 24.8 Å². The van der Waals surface area contributed by atoms with E-state index in [4.69, 9.17) is 24.2 Å². The molecule has 10 nitrogen and oxygen atoms in total. The molecule has 0 bridgehead atoms. The van der Waals surface area contributed by atoms with Gasteiger partial charge in [0.1, 0.15) is 17.2 Å². The molecule has 0 spiro atoms. The first-order valence-electron chi connectivity index (χ1n) is 13.1. The standard InChI is InChI=1S/C31H29N7O3/c1-39-22-8-4-20(5-9-22)18-35-30-33-15-12-24(37-30)27-25-13-16-34-31(36-19-21-6-10-23(40-2)11-7-21)38(25)29-28(27)26(41-3)14-17-32-29/h4-17H,18-19H2,1-3H3,(H,34,36)(H,33,35,37). The number of nitrogens with zero attached hydrogens (tertiary/aromatic N) is 5. The Morgan fingerprint density at radius 2 is 1.29 bits per heavy atom. The summed E-state index contributed by atoms with van der Waals surface area (Å²) >= 11 is 0. The van der Waals surface area contributed by atoms with E-state index in [9.17, 15) is 0 Å². The van der Waals surface area contributed by atoms with Gasteiger partial charge < -0.3 is 24.8 Å². The van der Waals surface area contributed by atoms with Crippen molar-refractivity contribution in [2.45, 2.75) is 13.1 Å². The lowest BCUT2D eigenvalue weighted by Gasteiger charge is -2.10. The van der Waals surface area contributed by atoms with Crippen molar-refractivity contribution in [2.75, 3.05) is 32.0 Å². The van der Waals surface area contributed by atoms with Crippen LogP contribution in [0.5, 0.6) is 17.2 Å². The number of benzene rings is 2. The zero-order valence-electron chi connectivity index (χ0n) is 23.0. The zero-order chi connectivity index (χ0) is 28.2. The van der Waals surface area contributed by atoms with Gasteiger partial charge in [0.05, 0.1) is 37.9 Å². The van der Waals surface area contributed by atoms with Crippen molar-refractivity contribution in [1.82, 2.24) is 24.3 Å². The largest absolute Gasteiger partial charge is 0.497 e. The molecular weight excluding hydrogens is 518 g/mol. The minimum Gasteiger partial charge on any atom is -0.497 e. The van der Waals surface area contributed by atoms with Crippen molar-refractivity contribution in [3.63, 3.8) is 0 Å². The highest BCUT2D eigenvalue weighted by atomic mass is 16.5. The van der Waals surface area contributed by atoms with Crippen LogP contribution in [-0.2, 0) is 13.1 Å².